The van der Waals surface area contributed by atoms with Gasteiger partial charge >= 0.3 is 5.97 Å². The first kappa shape index (κ1) is 17.4. The van der Waals surface area contributed by atoms with Crippen molar-refractivity contribution in [1.82, 2.24) is 0 Å². The number of carbonyl (C=O) groups excluding carboxylic acids is 1. The van der Waals surface area contributed by atoms with E-state index < -0.39 is 10.8 Å². The predicted octanol–water partition coefficient (Wildman–Crippen LogP) is 3.66. The number of esters is 1. The molecule has 0 amide bonds. The molecule has 1 atom stereocenters. The van der Waals surface area contributed by atoms with Crippen molar-refractivity contribution in [1.29, 1.82) is 0 Å². The Morgan fingerprint density at radius 1 is 1.22 bits per heavy atom. The topological polar surface area (TPSA) is 51.0 Å². The highest BCUT2D eigenvalue weighted by Crippen LogP contribution is 2.23. The molecule has 0 N–H and O–H groups in total. The molecule has 0 aliphatic rings. The summed E-state index contributed by atoms with van der Waals surface area (Å²) in [5, 5.41) is 7.82. The summed E-state index contributed by atoms with van der Waals surface area (Å²) in [6.45, 7) is 12.0. The van der Waals surface area contributed by atoms with Crippen molar-refractivity contribution in [3.05, 3.63) is 0 Å². The van der Waals surface area contributed by atoms with Crippen LogP contribution in [-0.2, 0) is 9.53 Å². The number of unbranched alkanes of at least 4 members (excludes halogenated alkanes) is 1. The maximum atomic E-state index is 11.8. The molecule has 0 fully saturated rings. The third kappa shape index (κ3) is 6.99. The number of nitrogens with zero attached hydrogens (tertiary/aromatic N) is 2. The maximum absolute atomic E-state index is 11.8. The molecule has 0 aliphatic heterocycles. The van der Waals surface area contributed by atoms with Gasteiger partial charge in [0.05, 0.1) is 17.7 Å². The van der Waals surface area contributed by atoms with Crippen molar-refractivity contribution in [3.63, 3.8) is 0 Å². The Morgan fingerprint density at radius 2 is 1.78 bits per heavy atom. The lowest BCUT2D eigenvalue weighted by atomic mass is 10.0. The first-order chi connectivity index (χ1) is 8.10. The van der Waals surface area contributed by atoms with Gasteiger partial charge in [-0.2, -0.15) is 22.9 Å². The number of hydrogen-bond donors (Lipinski definition) is 1. The highest BCUT2D eigenvalue weighted by molar-refractivity contribution is 7.81. The molecule has 106 valence electrons. The van der Waals surface area contributed by atoms with Gasteiger partial charge in [0.15, 0.2) is 0 Å². The van der Waals surface area contributed by atoms with E-state index in [0.29, 0.717) is 6.61 Å². The van der Waals surface area contributed by atoms with Gasteiger partial charge in [0.25, 0.3) is 0 Å². The molecule has 0 saturated heterocycles. The predicted molar refractivity (Wildman–Crippen MR) is 77.3 cm³/mol. The van der Waals surface area contributed by atoms with Gasteiger partial charge < -0.3 is 4.74 Å². The van der Waals surface area contributed by atoms with Crippen LogP contribution in [0.4, 0.5) is 0 Å². The van der Waals surface area contributed by atoms with Gasteiger partial charge in [0.2, 0.25) is 0 Å². The average molecular weight is 274 g/mol. The molecule has 0 saturated carbocycles. The van der Waals surface area contributed by atoms with E-state index in [1.165, 1.54) is 0 Å². The van der Waals surface area contributed by atoms with Crippen molar-refractivity contribution in [2.24, 2.45) is 10.2 Å². The zero-order valence-corrected chi connectivity index (χ0v) is 13.3. The lowest BCUT2D eigenvalue weighted by Crippen LogP contribution is -2.38. The van der Waals surface area contributed by atoms with Gasteiger partial charge in [-0.3, -0.25) is 4.79 Å². The van der Waals surface area contributed by atoms with E-state index in [9.17, 15) is 4.79 Å². The number of hydrogen-bond acceptors (Lipinski definition) is 5. The lowest BCUT2D eigenvalue weighted by molar-refractivity contribution is -0.144. The molecule has 0 aromatic heterocycles. The molecule has 0 aliphatic carbocycles. The van der Waals surface area contributed by atoms with Crippen LogP contribution >= 0.6 is 12.6 Å². The Kier molecular flexibility index (Phi) is 6.89. The van der Waals surface area contributed by atoms with Gasteiger partial charge in [-0.25, -0.2) is 0 Å². The van der Waals surface area contributed by atoms with Crippen molar-refractivity contribution >= 4 is 18.6 Å². The summed E-state index contributed by atoms with van der Waals surface area (Å²) in [7, 11) is 0. The van der Waals surface area contributed by atoms with Crippen molar-refractivity contribution in [2.75, 3.05) is 6.61 Å². The molecule has 0 spiro atoms. The minimum absolute atomic E-state index is 0.253. The van der Waals surface area contributed by atoms with Gasteiger partial charge in [0.1, 0.15) is 5.25 Å². The first-order valence-corrected chi connectivity index (χ1v) is 6.90. The molecular formula is C13H26N2O2S. The number of rotatable bonds is 6. The van der Waals surface area contributed by atoms with Gasteiger partial charge in [0, 0.05) is 0 Å². The summed E-state index contributed by atoms with van der Waals surface area (Å²) in [4.78, 5) is 11.8. The Balaban J connectivity index is 4.50. The van der Waals surface area contributed by atoms with Crippen molar-refractivity contribution < 1.29 is 9.53 Å². The molecular weight excluding hydrogens is 248 g/mol. The maximum Gasteiger partial charge on any atom is 0.321 e. The number of azo groups is 1. The fourth-order valence-electron chi connectivity index (χ4n) is 1.02. The summed E-state index contributed by atoms with van der Waals surface area (Å²) < 4.78 is 5.15. The van der Waals surface area contributed by atoms with Crippen LogP contribution in [0.25, 0.3) is 0 Å². The first-order valence-electron chi connectivity index (χ1n) is 6.39. The molecule has 0 bridgehead atoms. The van der Waals surface area contributed by atoms with Crippen LogP contribution in [0.3, 0.4) is 0 Å². The zero-order valence-electron chi connectivity index (χ0n) is 12.4. The Bertz CT molecular complexity index is 296. The molecule has 18 heavy (non-hydrogen) atoms. The number of ether oxygens (including phenoxy) is 1. The summed E-state index contributed by atoms with van der Waals surface area (Å²) in [6.07, 6.45) is 1.87. The molecule has 0 heterocycles. The molecule has 4 nitrogen and oxygen atoms in total. The SMILES string of the molecule is CCCCOC(=O)[C@@H](S)C(C)(C)N=NC(C)(C)C. The number of thiol groups is 1. The van der Waals surface area contributed by atoms with Gasteiger partial charge in [-0.1, -0.05) is 13.3 Å². The van der Waals surface area contributed by atoms with Crippen LogP contribution in [0.5, 0.6) is 0 Å². The highest BCUT2D eigenvalue weighted by atomic mass is 32.1. The van der Waals surface area contributed by atoms with E-state index in [0.717, 1.165) is 12.8 Å². The Morgan fingerprint density at radius 3 is 2.22 bits per heavy atom. The van der Waals surface area contributed by atoms with E-state index in [2.05, 4.69) is 22.9 Å². The molecule has 0 unspecified atom stereocenters. The lowest BCUT2D eigenvalue weighted by Gasteiger charge is -2.25. The third-order valence-electron chi connectivity index (χ3n) is 2.24. The van der Waals surface area contributed by atoms with E-state index in [4.69, 9.17) is 4.74 Å². The zero-order chi connectivity index (χ0) is 14.4. The minimum Gasteiger partial charge on any atom is -0.465 e. The molecule has 0 aromatic rings. The minimum atomic E-state index is -0.667. The van der Waals surface area contributed by atoms with Crippen LogP contribution in [0.15, 0.2) is 10.2 Å². The summed E-state index contributed by atoms with van der Waals surface area (Å²) in [6, 6.07) is 0. The second kappa shape index (κ2) is 7.12. The highest BCUT2D eigenvalue weighted by Gasteiger charge is 2.34. The van der Waals surface area contributed by atoms with E-state index in [-0.39, 0.29) is 11.5 Å². The van der Waals surface area contributed by atoms with Crippen LogP contribution in [-0.4, -0.2) is 28.9 Å². The molecule has 0 radical (unpaired) electrons. The third-order valence-corrected chi connectivity index (χ3v) is 3.09. The van der Waals surface area contributed by atoms with E-state index in [1.807, 2.05) is 41.5 Å². The molecule has 0 rings (SSSR count). The quantitative estimate of drug-likeness (QED) is 0.348. The van der Waals surface area contributed by atoms with Crippen molar-refractivity contribution in [2.45, 2.75) is 70.7 Å². The summed E-state index contributed by atoms with van der Waals surface area (Å²) in [5.74, 6) is -0.329. The van der Waals surface area contributed by atoms with Crippen molar-refractivity contribution in [3.8, 4) is 0 Å². The monoisotopic (exact) mass is 274 g/mol. The average Bonchev–Trinajstić information content (AvgIpc) is 2.25. The normalized spacial score (nSPS) is 14.8. The smallest absolute Gasteiger partial charge is 0.321 e. The van der Waals surface area contributed by atoms with Crippen LogP contribution in [0, 0.1) is 0 Å². The largest absolute Gasteiger partial charge is 0.465 e. The second-order valence-electron chi connectivity index (χ2n) is 5.95. The number of carbonyl (C=O) groups is 1. The molecule has 5 heteroatoms. The fraction of sp³-hybridized carbons (Fsp3) is 0.923. The Hall–Kier alpha value is -0.580. The Labute approximate surface area is 116 Å². The molecule has 0 aromatic carbocycles. The van der Waals surface area contributed by atoms with E-state index >= 15 is 0 Å². The van der Waals surface area contributed by atoms with Gasteiger partial charge in [-0.05, 0) is 41.0 Å². The van der Waals surface area contributed by atoms with Crippen LogP contribution in [0.1, 0.15) is 54.4 Å². The van der Waals surface area contributed by atoms with Crippen LogP contribution < -0.4 is 0 Å². The van der Waals surface area contributed by atoms with Crippen LogP contribution in [0.2, 0.25) is 0 Å². The standard InChI is InChI=1S/C13H26N2O2S/c1-7-8-9-17-11(16)10(18)13(5,6)15-14-12(2,3)4/h10,18H,7-9H2,1-6H3/t10-/m1/s1. The summed E-state index contributed by atoms with van der Waals surface area (Å²) in [5.41, 5.74) is -0.920. The fourth-order valence-corrected chi connectivity index (χ4v) is 1.14. The second-order valence-corrected chi connectivity index (χ2v) is 6.46. The van der Waals surface area contributed by atoms with Gasteiger partial charge in [-0.15, -0.1) is 0 Å². The van der Waals surface area contributed by atoms with E-state index in [1.54, 1.807) is 0 Å². The summed E-state index contributed by atoms with van der Waals surface area (Å²) >= 11 is 4.31.